The Balaban J connectivity index is 2.37. The van der Waals surface area contributed by atoms with Crippen molar-refractivity contribution >= 4 is 44.6 Å². The van der Waals surface area contributed by atoms with Gasteiger partial charge < -0.3 is 5.32 Å². The maximum absolute atomic E-state index is 12.4. The van der Waals surface area contributed by atoms with Crippen molar-refractivity contribution < 1.29 is 8.42 Å². The molecule has 2 heterocycles. The van der Waals surface area contributed by atoms with Crippen molar-refractivity contribution in [3.05, 3.63) is 14.7 Å². The quantitative estimate of drug-likeness (QED) is 0.925. The number of likely N-dealkylation sites (N-methyl/N-ethyl adjacent to an activating group) is 1. The average molecular weight is 315 g/mol. The lowest BCUT2D eigenvalue weighted by Crippen LogP contribution is -2.58. The molecule has 1 saturated heterocycles. The van der Waals surface area contributed by atoms with Crippen molar-refractivity contribution in [2.45, 2.75) is 17.9 Å². The summed E-state index contributed by atoms with van der Waals surface area (Å²) in [4.78, 5) is 0.114. The van der Waals surface area contributed by atoms with Gasteiger partial charge in [-0.15, -0.1) is 11.3 Å². The summed E-state index contributed by atoms with van der Waals surface area (Å²) < 4.78 is 26.9. The van der Waals surface area contributed by atoms with E-state index in [1.807, 2.05) is 6.92 Å². The second-order valence-corrected chi connectivity index (χ2v) is 7.85. The first kappa shape index (κ1) is 13.6. The van der Waals surface area contributed by atoms with Crippen LogP contribution < -0.4 is 5.32 Å². The number of nitrogens with zero attached hydrogens (tertiary/aromatic N) is 1. The molecular weight excluding hydrogens is 303 g/mol. The van der Waals surface area contributed by atoms with Crippen molar-refractivity contribution in [2.24, 2.45) is 0 Å². The number of nitrogens with one attached hydrogen (secondary N) is 1. The molecule has 0 radical (unpaired) electrons. The zero-order valence-corrected chi connectivity index (χ0v) is 12.3. The molecule has 0 unspecified atom stereocenters. The number of rotatable bonds is 4. The van der Waals surface area contributed by atoms with Crippen LogP contribution in [0.15, 0.2) is 11.0 Å². The van der Waals surface area contributed by atoms with Crippen LogP contribution in [0.1, 0.15) is 6.92 Å². The fraction of sp³-hybridized carbons (Fsp3) is 0.556. The van der Waals surface area contributed by atoms with Crippen LogP contribution in [0, 0.1) is 0 Å². The number of hydrogen-bond acceptors (Lipinski definition) is 4. The second-order valence-electron chi connectivity index (χ2n) is 3.71. The Bertz CT molecular complexity index is 511. The number of sulfonamides is 1. The molecule has 1 aromatic heterocycles. The third-order valence-corrected chi connectivity index (χ3v) is 6.47. The molecule has 0 aromatic carbocycles. The van der Waals surface area contributed by atoms with Gasteiger partial charge >= 0.3 is 0 Å². The van der Waals surface area contributed by atoms with Crippen LogP contribution in [0.4, 0.5) is 0 Å². The van der Waals surface area contributed by atoms with E-state index in [2.05, 4.69) is 5.32 Å². The molecule has 1 aliphatic heterocycles. The lowest BCUT2D eigenvalue weighted by Gasteiger charge is -2.36. The predicted octanol–water partition coefficient (Wildman–Crippen LogP) is 2.04. The molecule has 0 atom stereocenters. The molecule has 8 heteroatoms. The van der Waals surface area contributed by atoms with Crippen molar-refractivity contribution in [1.82, 2.24) is 9.62 Å². The molecule has 0 bridgehead atoms. The largest absolute Gasteiger partial charge is 0.313 e. The van der Waals surface area contributed by atoms with Crippen LogP contribution in [0.5, 0.6) is 0 Å². The van der Waals surface area contributed by atoms with E-state index in [1.54, 1.807) is 0 Å². The van der Waals surface area contributed by atoms with Gasteiger partial charge in [0.25, 0.3) is 0 Å². The van der Waals surface area contributed by atoms with Crippen LogP contribution in [0.25, 0.3) is 0 Å². The first-order valence-corrected chi connectivity index (χ1v) is 8.15. The van der Waals surface area contributed by atoms with Gasteiger partial charge in [0.1, 0.15) is 9.23 Å². The highest BCUT2D eigenvalue weighted by Gasteiger charge is 2.35. The summed E-state index contributed by atoms with van der Waals surface area (Å²) in [5.74, 6) is 0. The van der Waals surface area contributed by atoms with Gasteiger partial charge in [-0.05, 0) is 6.07 Å². The molecule has 1 fully saturated rings. The Hall–Kier alpha value is 0.150. The third kappa shape index (κ3) is 2.47. The highest BCUT2D eigenvalue weighted by molar-refractivity contribution is 7.89. The minimum atomic E-state index is -3.53. The first-order chi connectivity index (χ1) is 7.96. The summed E-state index contributed by atoms with van der Waals surface area (Å²) in [6.45, 7) is 3.61. The van der Waals surface area contributed by atoms with E-state index < -0.39 is 10.0 Å². The van der Waals surface area contributed by atoms with Gasteiger partial charge in [-0.1, -0.05) is 30.1 Å². The van der Waals surface area contributed by atoms with Crippen LogP contribution in [-0.4, -0.2) is 38.4 Å². The Kier molecular flexibility index (Phi) is 4.02. The average Bonchev–Trinajstić information content (AvgIpc) is 2.51. The van der Waals surface area contributed by atoms with Gasteiger partial charge in [-0.2, -0.15) is 4.31 Å². The Morgan fingerprint density at radius 3 is 2.53 bits per heavy atom. The van der Waals surface area contributed by atoms with E-state index in [9.17, 15) is 8.42 Å². The van der Waals surface area contributed by atoms with Crippen LogP contribution >= 0.6 is 34.5 Å². The van der Waals surface area contributed by atoms with Gasteiger partial charge in [-0.25, -0.2) is 8.42 Å². The molecule has 0 saturated carbocycles. The van der Waals surface area contributed by atoms with Crippen LogP contribution in [-0.2, 0) is 10.0 Å². The maximum atomic E-state index is 12.4. The topological polar surface area (TPSA) is 49.4 Å². The molecule has 0 spiro atoms. The van der Waals surface area contributed by atoms with E-state index in [0.717, 1.165) is 11.3 Å². The Labute approximate surface area is 115 Å². The van der Waals surface area contributed by atoms with E-state index in [0.29, 0.717) is 24.0 Å². The summed E-state index contributed by atoms with van der Waals surface area (Å²) in [6.07, 6.45) is 0. The van der Waals surface area contributed by atoms with Gasteiger partial charge in [0.15, 0.2) is 0 Å². The molecule has 17 heavy (non-hydrogen) atoms. The monoisotopic (exact) mass is 314 g/mol. The highest BCUT2D eigenvalue weighted by atomic mass is 35.5. The van der Waals surface area contributed by atoms with Gasteiger partial charge in [0.2, 0.25) is 10.0 Å². The molecule has 0 aliphatic carbocycles. The van der Waals surface area contributed by atoms with Gasteiger partial charge in [-0.3, -0.25) is 0 Å². The molecule has 0 amide bonds. The van der Waals surface area contributed by atoms with Gasteiger partial charge in [0.05, 0.1) is 10.4 Å². The third-order valence-electron chi connectivity index (χ3n) is 2.69. The lowest BCUT2D eigenvalue weighted by atomic mass is 10.2. The summed E-state index contributed by atoms with van der Waals surface area (Å²) >= 11 is 12.8. The minimum Gasteiger partial charge on any atom is -0.313 e. The fourth-order valence-electron chi connectivity index (χ4n) is 1.73. The summed E-state index contributed by atoms with van der Waals surface area (Å²) in [5, 5.41) is 3.06. The van der Waals surface area contributed by atoms with E-state index in [1.165, 1.54) is 10.4 Å². The molecule has 1 aromatic rings. The van der Waals surface area contributed by atoms with Crippen LogP contribution in [0.2, 0.25) is 8.67 Å². The highest BCUT2D eigenvalue weighted by Crippen LogP contribution is 2.36. The van der Waals surface area contributed by atoms with E-state index in [-0.39, 0.29) is 15.3 Å². The number of halogens is 2. The fourth-order valence-corrected chi connectivity index (χ4v) is 5.48. The van der Waals surface area contributed by atoms with E-state index >= 15 is 0 Å². The first-order valence-electron chi connectivity index (χ1n) is 5.14. The molecule has 4 nitrogen and oxygen atoms in total. The summed E-state index contributed by atoms with van der Waals surface area (Å²) in [6, 6.07) is 1.43. The smallest absolute Gasteiger partial charge is 0.245 e. The standard InChI is InChI=1S/C9H12Cl2N2O2S2/c1-2-13(6-4-12-5-6)17(14,15)7-3-8(10)16-9(7)11/h3,6,12H,2,4-5H2,1H3. The minimum absolute atomic E-state index is 0.0137. The summed E-state index contributed by atoms with van der Waals surface area (Å²) in [5.41, 5.74) is 0. The molecular formula is C9H12Cl2N2O2S2. The SMILES string of the molecule is CCN(C1CNC1)S(=O)(=O)c1cc(Cl)sc1Cl. The molecule has 1 aliphatic rings. The van der Waals surface area contributed by atoms with E-state index in [4.69, 9.17) is 23.2 Å². The maximum Gasteiger partial charge on any atom is 0.245 e. The van der Waals surface area contributed by atoms with Crippen molar-refractivity contribution in [3.8, 4) is 0 Å². The number of thiophene rings is 1. The van der Waals surface area contributed by atoms with Gasteiger partial charge in [0, 0.05) is 19.6 Å². The Morgan fingerprint density at radius 1 is 1.53 bits per heavy atom. The van der Waals surface area contributed by atoms with Crippen molar-refractivity contribution in [2.75, 3.05) is 19.6 Å². The predicted molar refractivity (Wildman–Crippen MR) is 70.6 cm³/mol. The normalized spacial score (nSPS) is 17.4. The lowest BCUT2D eigenvalue weighted by molar-refractivity contribution is 0.249. The molecule has 2 rings (SSSR count). The summed E-state index contributed by atoms with van der Waals surface area (Å²) in [7, 11) is -3.53. The Morgan fingerprint density at radius 2 is 2.18 bits per heavy atom. The second kappa shape index (κ2) is 5.03. The van der Waals surface area contributed by atoms with Crippen molar-refractivity contribution in [3.63, 3.8) is 0 Å². The molecule has 1 N–H and O–H groups in total. The zero-order valence-electron chi connectivity index (χ0n) is 9.11. The zero-order chi connectivity index (χ0) is 12.6. The van der Waals surface area contributed by atoms with Crippen molar-refractivity contribution in [1.29, 1.82) is 0 Å². The number of hydrogen-bond donors (Lipinski definition) is 1. The molecule has 96 valence electrons. The van der Waals surface area contributed by atoms with Crippen LogP contribution in [0.3, 0.4) is 0 Å².